The number of hydrogen-bond donors (Lipinski definition) is 2. The standard InChI is InChI=1S/C25H23F2N3O4/c1-14-11-17(15(2)29-20-6-4-3-5-16(20)24(32)33)22-18(12-14)21(31)19(13-28)23(34-22)30-9-7-25(26,27)8-10-30/h3-6,11-12,15,29H,7-10H2,1-2H3,(H,32,33)/t15-/m1/s1. The lowest BCUT2D eigenvalue weighted by atomic mass is 9.99. The van der Waals surface area contributed by atoms with Crippen LogP contribution in [0.2, 0.25) is 0 Å². The normalized spacial score (nSPS) is 16.1. The van der Waals surface area contributed by atoms with Gasteiger partial charge in [0.15, 0.2) is 5.56 Å². The molecule has 0 aliphatic carbocycles. The Hall–Kier alpha value is -3.93. The molecule has 1 fully saturated rings. The van der Waals surface area contributed by atoms with Gasteiger partial charge in [-0.1, -0.05) is 18.2 Å². The van der Waals surface area contributed by atoms with Gasteiger partial charge in [0.2, 0.25) is 11.3 Å². The number of nitrogens with one attached hydrogen (secondary N) is 1. The first-order valence-electron chi connectivity index (χ1n) is 10.8. The zero-order valence-corrected chi connectivity index (χ0v) is 18.7. The van der Waals surface area contributed by atoms with Crippen molar-refractivity contribution >= 4 is 28.5 Å². The first-order valence-corrected chi connectivity index (χ1v) is 10.8. The Bertz CT molecular complexity index is 1370. The van der Waals surface area contributed by atoms with Gasteiger partial charge in [-0.25, -0.2) is 13.6 Å². The highest BCUT2D eigenvalue weighted by molar-refractivity contribution is 5.94. The largest absolute Gasteiger partial charge is 0.478 e. The number of fused-ring (bicyclic) bond motifs is 1. The summed E-state index contributed by atoms with van der Waals surface area (Å²) >= 11 is 0. The van der Waals surface area contributed by atoms with E-state index >= 15 is 0 Å². The SMILES string of the molecule is Cc1cc([C@@H](C)Nc2ccccc2C(=O)O)c2oc(N3CCC(F)(F)CC3)c(C#N)c(=O)c2c1. The van der Waals surface area contributed by atoms with E-state index in [1.165, 1.54) is 11.0 Å². The molecule has 1 aliphatic rings. The maximum atomic E-state index is 13.7. The molecule has 1 aliphatic heterocycles. The summed E-state index contributed by atoms with van der Waals surface area (Å²) in [7, 11) is 0. The fraction of sp³-hybridized carbons (Fsp3) is 0.320. The summed E-state index contributed by atoms with van der Waals surface area (Å²) in [6.07, 6.45) is -0.797. The molecule has 7 nitrogen and oxygen atoms in total. The number of carboxylic acid groups (broad SMARTS) is 1. The molecule has 1 aromatic heterocycles. The number of carbonyl (C=O) groups is 1. The summed E-state index contributed by atoms with van der Waals surface area (Å²) in [5.41, 5.74) is 1.31. The van der Waals surface area contributed by atoms with E-state index in [9.17, 15) is 28.7 Å². The highest BCUT2D eigenvalue weighted by Crippen LogP contribution is 2.35. The van der Waals surface area contributed by atoms with Crippen LogP contribution < -0.4 is 15.6 Å². The van der Waals surface area contributed by atoms with Gasteiger partial charge in [0, 0.05) is 37.2 Å². The molecule has 4 rings (SSSR count). The minimum atomic E-state index is -2.79. The van der Waals surface area contributed by atoms with Crippen molar-refractivity contribution < 1.29 is 23.1 Å². The third-order valence-electron chi connectivity index (χ3n) is 6.04. The molecule has 3 aromatic rings. The number of carboxylic acids is 1. The molecule has 2 aromatic carbocycles. The van der Waals surface area contributed by atoms with Crippen LogP contribution in [0, 0.1) is 18.3 Å². The van der Waals surface area contributed by atoms with E-state index in [4.69, 9.17) is 4.42 Å². The van der Waals surface area contributed by atoms with Crippen LogP contribution in [-0.2, 0) is 0 Å². The molecule has 1 saturated heterocycles. The minimum Gasteiger partial charge on any atom is -0.478 e. The van der Waals surface area contributed by atoms with Gasteiger partial charge < -0.3 is 19.7 Å². The molecule has 0 saturated carbocycles. The molecule has 2 N–H and O–H groups in total. The Morgan fingerprint density at radius 2 is 1.94 bits per heavy atom. The number of rotatable bonds is 5. The van der Waals surface area contributed by atoms with Crippen LogP contribution in [0.3, 0.4) is 0 Å². The van der Waals surface area contributed by atoms with Crippen LogP contribution in [-0.4, -0.2) is 30.1 Å². The smallest absolute Gasteiger partial charge is 0.337 e. The number of para-hydroxylation sites is 1. The van der Waals surface area contributed by atoms with Crippen molar-refractivity contribution in [1.29, 1.82) is 5.26 Å². The molecule has 0 unspecified atom stereocenters. The lowest BCUT2D eigenvalue weighted by Gasteiger charge is -2.32. The Kier molecular flexibility index (Phi) is 6.00. The van der Waals surface area contributed by atoms with E-state index in [0.717, 1.165) is 5.56 Å². The van der Waals surface area contributed by atoms with Gasteiger partial charge in [-0.15, -0.1) is 0 Å². The van der Waals surface area contributed by atoms with E-state index in [1.54, 1.807) is 38.1 Å². The molecule has 34 heavy (non-hydrogen) atoms. The van der Waals surface area contributed by atoms with E-state index in [1.807, 2.05) is 12.1 Å². The average molecular weight is 467 g/mol. The molecule has 0 spiro atoms. The zero-order chi connectivity index (χ0) is 24.6. The molecular formula is C25H23F2N3O4. The van der Waals surface area contributed by atoms with Crippen molar-refractivity contribution in [1.82, 2.24) is 0 Å². The number of aromatic carboxylic acids is 1. The number of nitrogens with zero attached hydrogens (tertiary/aromatic N) is 2. The van der Waals surface area contributed by atoms with Crippen LogP contribution in [0.5, 0.6) is 0 Å². The molecular weight excluding hydrogens is 444 g/mol. The van der Waals surface area contributed by atoms with Gasteiger partial charge in [0.1, 0.15) is 11.7 Å². The number of benzene rings is 2. The van der Waals surface area contributed by atoms with Crippen molar-refractivity contribution in [2.45, 2.75) is 38.7 Å². The molecule has 0 radical (unpaired) electrons. The average Bonchev–Trinajstić information content (AvgIpc) is 2.79. The van der Waals surface area contributed by atoms with Crippen molar-refractivity contribution in [3.63, 3.8) is 0 Å². The molecule has 0 amide bonds. The monoisotopic (exact) mass is 467 g/mol. The van der Waals surface area contributed by atoms with Gasteiger partial charge in [0.05, 0.1) is 17.0 Å². The van der Waals surface area contributed by atoms with Gasteiger partial charge in [-0.2, -0.15) is 5.26 Å². The number of hydrogen-bond acceptors (Lipinski definition) is 6. The summed E-state index contributed by atoms with van der Waals surface area (Å²) in [6.45, 7) is 3.51. The third-order valence-corrected chi connectivity index (χ3v) is 6.04. The highest BCUT2D eigenvalue weighted by Gasteiger charge is 2.36. The molecule has 2 heterocycles. The summed E-state index contributed by atoms with van der Waals surface area (Å²) in [5, 5.41) is 22.5. The van der Waals surface area contributed by atoms with Gasteiger partial charge >= 0.3 is 5.97 Å². The fourth-order valence-electron chi connectivity index (χ4n) is 4.25. The van der Waals surface area contributed by atoms with Crippen LogP contribution in [0.1, 0.15) is 52.9 Å². The maximum Gasteiger partial charge on any atom is 0.337 e. The lowest BCUT2D eigenvalue weighted by molar-refractivity contribution is -0.0225. The van der Waals surface area contributed by atoms with E-state index in [2.05, 4.69) is 5.32 Å². The summed E-state index contributed by atoms with van der Waals surface area (Å²) < 4.78 is 33.5. The van der Waals surface area contributed by atoms with E-state index in [0.29, 0.717) is 11.3 Å². The van der Waals surface area contributed by atoms with E-state index < -0.39 is 36.2 Å². The van der Waals surface area contributed by atoms with Crippen molar-refractivity contribution in [2.75, 3.05) is 23.3 Å². The lowest BCUT2D eigenvalue weighted by Crippen LogP contribution is -2.40. The minimum absolute atomic E-state index is 0.0151. The Labute approximate surface area is 194 Å². The first-order chi connectivity index (χ1) is 16.1. The molecule has 0 bridgehead atoms. The predicted molar refractivity (Wildman–Crippen MR) is 124 cm³/mol. The number of nitriles is 1. The first kappa shape index (κ1) is 23.2. The second kappa shape index (κ2) is 8.78. The highest BCUT2D eigenvalue weighted by atomic mass is 19.3. The van der Waals surface area contributed by atoms with Crippen LogP contribution in [0.4, 0.5) is 20.4 Å². The maximum absolute atomic E-state index is 13.7. The summed E-state index contributed by atoms with van der Waals surface area (Å²) in [5.74, 6) is -3.89. The second-order valence-corrected chi connectivity index (χ2v) is 8.51. The fourth-order valence-corrected chi connectivity index (χ4v) is 4.25. The molecule has 9 heteroatoms. The number of alkyl halides is 2. The number of aryl methyl sites for hydroxylation is 1. The van der Waals surface area contributed by atoms with Crippen molar-refractivity contribution in [3.8, 4) is 6.07 Å². The second-order valence-electron chi connectivity index (χ2n) is 8.51. The van der Waals surface area contributed by atoms with Crippen molar-refractivity contribution in [3.05, 3.63) is 68.9 Å². The quantitative estimate of drug-likeness (QED) is 0.539. The van der Waals surface area contributed by atoms with Gasteiger partial charge in [-0.3, -0.25) is 4.79 Å². The molecule has 176 valence electrons. The zero-order valence-electron chi connectivity index (χ0n) is 18.7. The number of anilines is 2. The Morgan fingerprint density at radius 3 is 2.59 bits per heavy atom. The molecule has 1 atom stereocenters. The topological polar surface area (TPSA) is 107 Å². The van der Waals surface area contributed by atoms with E-state index in [-0.39, 0.29) is 41.1 Å². The van der Waals surface area contributed by atoms with Crippen LogP contribution in [0.15, 0.2) is 45.6 Å². The third kappa shape index (κ3) is 4.31. The van der Waals surface area contributed by atoms with Gasteiger partial charge in [0.25, 0.3) is 5.92 Å². The van der Waals surface area contributed by atoms with Gasteiger partial charge in [-0.05, 0) is 37.6 Å². The Balaban J connectivity index is 1.83. The Morgan fingerprint density at radius 1 is 1.26 bits per heavy atom. The number of piperidine rings is 1. The summed E-state index contributed by atoms with van der Waals surface area (Å²) in [4.78, 5) is 26.3. The number of halogens is 2. The summed E-state index contributed by atoms with van der Waals surface area (Å²) in [6, 6.07) is 11.3. The predicted octanol–water partition coefficient (Wildman–Crippen LogP) is 5.08. The van der Waals surface area contributed by atoms with Crippen LogP contribution >= 0.6 is 0 Å². The van der Waals surface area contributed by atoms with Crippen LogP contribution in [0.25, 0.3) is 11.0 Å². The van der Waals surface area contributed by atoms with Crippen molar-refractivity contribution in [2.24, 2.45) is 0 Å².